The number of nitrogens with one attached hydrogen (secondary N) is 1. The van der Waals surface area contributed by atoms with Crippen molar-refractivity contribution in [1.29, 1.82) is 0 Å². The number of fused-ring (bicyclic) bond motifs is 2. The highest BCUT2D eigenvalue weighted by Gasteiger charge is 2.38. The van der Waals surface area contributed by atoms with Crippen LogP contribution in [-0.4, -0.2) is 46.2 Å². The molecule has 1 aromatic rings. The van der Waals surface area contributed by atoms with Crippen molar-refractivity contribution in [3.63, 3.8) is 0 Å². The predicted molar refractivity (Wildman–Crippen MR) is 99.6 cm³/mol. The number of carbonyl (C=O) groups is 1. The molecule has 4 nitrogen and oxygen atoms in total. The molecular formula is C18H27N3OS2. The highest BCUT2D eigenvalue weighted by molar-refractivity contribution is 8.01. The number of carbonyl (C=O) groups excluding carboxylic acids is 1. The lowest BCUT2D eigenvalue weighted by Gasteiger charge is -2.30. The quantitative estimate of drug-likeness (QED) is 0.868. The van der Waals surface area contributed by atoms with Gasteiger partial charge in [-0.3, -0.25) is 9.69 Å². The second kappa shape index (κ2) is 7.34. The summed E-state index contributed by atoms with van der Waals surface area (Å²) in [5.41, 5.74) is 1.12. The van der Waals surface area contributed by atoms with Crippen LogP contribution >= 0.6 is 23.1 Å². The first-order chi connectivity index (χ1) is 11.7. The Balaban J connectivity index is 1.18. The smallest absolute Gasteiger partial charge is 0.234 e. The van der Waals surface area contributed by atoms with E-state index >= 15 is 0 Å². The molecule has 1 aliphatic heterocycles. The van der Waals surface area contributed by atoms with Gasteiger partial charge < -0.3 is 5.32 Å². The maximum Gasteiger partial charge on any atom is 0.234 e. The van der Waals surface area contributed by atoms with Gasteiger partial charge in [0.1, 0.15) is 4.34 Å². The maximum absolute atomic E-state index is 12.4. The molecule has 3 aliphatic rings. The fourth-order valence-electron chi connectivity index (χ4n) is 4.53. The molecule has 0 aromatic carbocycles. The van der Waals surface area contributed by atoms with Crippen molar-refractivity contribution in [1.82, 2.24) is 15.2 Å². The Bertz CT molecular complexity index is 583. The summed E-state index contributed by atoms with van der Waals surface area (Å²) in [6.45, 7) is 3.82. The number of thiazole rings is 1. The summed E-state index contributed by atoms with van der Waals surface area (Å²) >= 11 is 3.68. The molecule has 2 heterocycles. The Morgan fingerprint density at radius 2 is 2.17 bits per heavy atom. The summed E-state index contributed by atoms with van der Waals surface area (Å²) in [5.74, 6) is 1.11. The van der Waals surface area contributed by atoms with Crippen LogP contribution < -0.4 is 5.32 Å². The SMILES string of the molecule is Cc1csc(SC2CCC(NC(=O)CN3C[C@@H]4CC[C@H]3C4)CC2)n1. The summed E-state index contributed by atoms with van der Waals surface area (Å²) in [5, 5.41) is 6.08. The van der Waals surface area contributed by atoms with Crippen LogP contribution in [-0.2, 0) is 4.79 Å². The molecule has 24 heavy (non-hydrogen) atoms. The lowest BCUT2D eigenvalue weighted by molar-refractivity contribution is -0.123. The van der Waals surface area contributed by atoms with Crippen LogP contribution in [0, 0.1) is 12.8 Å². The zero-order chi connectivity index (χ0) is 16.5. The summed E-state index contributed by atoms with van der Waals surface area (Å²) in [7, 11) is 0. The van der Waals surface area contributed by atoms with Crippen molar-refractivity contribution in [2.45, 2.75) is 73.5 Å². The molecule has 2 saturated carbocycles. The molecule has 2 atom stereocenters. The molecule has 1 saturated heterocycles. The highest BCUT2D eigenvalue weighted by Crippen LogP contribution is 2.37. The second-order valence-corrected chi connectivity index (χ2v) is 10.1. The molecule has 132 valence electrons. The van der Waals surface area contributed by atoms with E-state index in [2.05, 4.69) is 27.5 Å². The van der Waals surface area contributed by atoms with Crippen molar-refractivity contribution >= 4 is 29.0 Å². The Morgan fingerprint density at radius 3 is 2.79 bits per heavy atom. The highest BCUT2D eigenvalue weighted by atomic mass is 32.2. The topological polar surface area (TPSA) is 45.2 Å². The number of amides is 1. The third kappa shape index (κ3) is 3.97. The first-order valence-electron chi connectivity index (χ1n) is 9.28. The third-order valence-electron chi connectivity index (χ3n) is 5.77. The Morgan fingerprint density at radius 1 is 1.33 bits per heavy atom. The molecule has 4 rings (SSSR count). The van der Waals surface area contributed by atoms with Gasteiger partial charge in [0.25, 0.3) is 0 Å². The fraction of sp³-hybridized carbons (Fsp3) is 0.778. The number of hydrogen-bond acceptors (Lipinski definition) is 5. The Hall–Kier alpha value is -0.590. The van der Waals surface area contributed by atoms with Gasteiger partial charge in [0, 0.05) is 35.0 Å². The van der Waals surface area contributed by atoms with E-state index in [1.54, 1.807) is 11.3 Å². The molecule has 2 bridgehead atoms. The van der Waals surface area contributed by atoms with Crippen LogP contribution in [0.1, 0.15) is 50.6 Å². The summed E-state index contributed by atoms with van der Waals surface area (Å²) in [6, 6.07) is 1.07. The monoisotopic (exact) mass is 365 g/mol. The van der Waals surface area contributed by atoms with Crippen molar-refractivity contribution in [2.75, 3.05) is 13.1 Å². The van der Waals surface area contributed by atoms with Crippen LogP contribution in [0.25, 0.3) is 0 Å². The molecule has 0 radical (unpaired) electrons. The summed E-state index contributed by atoms with van der Waals surface area (Å²) < 4.78 is 1.20. The van der Waals surface area contributed by atoms with Gasteiger partial charge in [0.2, 0.25) is 5.91 Å². The van der Waals surface area contributed by atoms with Gasteiger partial charge in [-0.2, -0.15) is 0 Å². The average molecular weight is 366 g/mol. The fourth-order valence-corrected chi connectivity index (χ4v) is 6.82. The van der Waals surface area contributed by atoms with E-state index in [0.717, 1.165) is 31.0 Å². The second-order valence-electron chi connectivity index (χ2n) is 7.68. The third-order valence-corrected chi connectivity index (χ3v) is 8.20. The van der Waals surface area contributed by atoms with Gasteiger partial charge in [-0.05, 0) is 57.8 Å². The first kappa shape index (κ1) is 16.9. The average Bonchev–Trinajstić information content (AvgIpc) is 3.26. The zero-order valence-electron chi connectivity index (χ0n) is 14.4. The van der Waals surface area contributed by atoms with E-state index < -0.39 is 0 Å². The van der Waals surface area contributed by atoms with Gasteiger partial charge in [-0.25, -0.2) is 4.98 Å². The number of piperidine rings is 1. The van der Waals surface area contributed by atoms with Crippen LogP contribution in [0.3, 0.4) is 0 Å². The maximum atomic E-state index is 12.4. The number of aromatic nitrogens is 1. The van der Waals surface area contributed by atoms with E-state index in [0.29, 0.717) is 23.9 Å². The lowest BCUT2D eigenvalue weighted by Crippen LogP contribution is -2.45. The number of likely N-dealkylation sites (tertiary alicyclic amines) is 1. The molecule has 0 unspecified atom stereocenters. The normalized spacial score (nSPS) is 33.0. The minimum Gasteiger partial charge on any atom is -0.352 e. The molecule has 1 aromatic heterocycles. The Kier molecular flexibility index (Phi) is 5.16. The molecule has 1 N–H and O–H groups in total. The standard InChI is InChI=1S/C18H27N3OS2/c1-12-11-23-18(19-12)24-16-6-3-14(4-7-16)20-17(22)10-21-9-13-2-5-15(21)8-13/h11,13-16H,2-10H2,1H3,(H,20,22)/t13-,14?,15+,16?/m1/s1. The number of aryl methyl sites for hydroxylation is 1. The number of hydrogen-bond donors (Lipinski definition) is 1. The summed E-state index contributed by atoms with van der Waals surface area (Å²) in [6.07, 6.45) is 8.59. The van der Waals surface area contributed by atoms with E-state index in [1.807, 2.05) is 11.8 Å². The van der Waals surface area contributed by atoms with Crippen molar-refractivity contribution in [3.05, 3.63) is 11.1 Å². The van der Waals surface area contributed by atoms with Gasteiger partial charge >= 0.3 is 0 Å². The minimum absolute atomic E-state index is 0.245. The van der Waals surface area contributed by atoms with Gasteiger partial charge in [0.15, 0.2) is 0 Å². The van der Waals surface area contributed by atoms with E-state index in [9.17, 15) is 4.79 Å². The van der Waals surface area contributed by atoms with Crippen molar-refractivity contribution in [3.8, 4) is 0 Å². The van der Waals surface area contributed by atoms with Crippen LogP contribution in [0.15, 0.2) is 9.72 Å². The predicted octanol–water partition coefficient (Wildman–Crippen LogP) is 3.46. The molecule has 6 heteroatoms. The molecule has 2 aliphatic carbocycles. The van der Waals surface area contributed by atoms with E-state index in [-0.39, 0.29) is 5.91 Å². The van der Waals surface area contributed by atoms with Gasteiger partial charge in [-0.1, -0.05) is 11.8 Å². The first-order valence-corrected chi connectivity index (χ1v) is 11.0. The van der Waals surface area contributed by atoms with Gasteiger partial charge in [-0.15, -0.1) is 11.3 Å². The molecular weight excluding hydrogens is 338 g/mol. The number of rotatable bonds is 5. The zero-order valence-corrected chi connectivity index (χ0v) is 16.0. The largest absolute Gasteiger partial charge is 0.352 e. The number of thioether (sulfide) groups is 1. The van der Waals surface area contributed by atoms with Gasteiger partial charge in [0.05, 0.1) is 6.54 Å². The summed E-state index contributed by atoms with van der Waals surface area (Å²) in [4.78, 5) is 19.3. The molecule has 0 spiro atoms. The lowest BCUT2D eigenvalue weighted by atomic mass is 9.95. The number of nitrogens with zero attached hydrogens (tertiary/aromatic N) is 2. The minimum atomic E-state index is 0.245. The van der Waals surface area contributed by atoms with E-state index in [4.69, 9.17) is 0 Å². The molecule has 3 fully saturated rings. The van der Waals surface area contributed by atoms with Crippen LogP contribution in [0.2, 0.25) is 0 Å². The van der Waals surface area contributed by atoms with Crippen molar-refractivity contribution < 1.29 is 4.79 Å². The van der Waals surface area contributed by atoms with Crippen molar-refractivity contribution in [2.24, 2.45) is 5.92 Å². The molecule has 1 amide bonds. The van der Waals surface area contributed by atoms with Crippen LogP contribution in [0.5, 0.6) is 0 Å². The van der Waals surface area contributed by atoms with Crippen LogP contribution in [0.4, 0.5) is 0 Å². The van der Waals surface area contributed by atoms with E-state index in [1.165, 1.54) is 36.4 Å². The Labute approximate surface area is 152 Å².